The topological polar surface area (TPSA) is 99.9 Å². The van der Waals surface area contributed by atoms with Crippen LogP contribution in [0, 0.1) is 17.2 Å². The van der Waals surface area contributed by atoms with Crippen LogP contribution in [0.3, 0.4) is 0 Å². The number of nitrogens with one attached hydrogen (secondary N) is 1. The zero-order chi connectivity index (χ0) is 19.8. The molecule has 10 heteroatoms. The summed E-state index contributed by atoms with van der Waals surface area (Å²) in [5.74, 6) is -1.56. The van der Waals surface area contributed by atoms with Crippen molar-refractivity contribution >= 4 is 15.9 Å². The van der Waals surface area contributed by atoms with E-state index in [1.165, 1.54) is 6.07 Å². The van der Waals surface area contributed by atoms with Gasteiger partial charge < -0.3 is 0 Å². The molecule has 140 valence electrons. The van der Waals surface area contributed by atoms with Gasteiger partial charge in [-0.25, -0.2) is 13.1 Å². The molecule has 6 nitrogen and oxygen atoms in total. The lowest BCUT2D eigenvalue weighted by Crippen LogP contribution is -2.32. The van der Waals surface area contributed by atoms with Gasteiger partial charge >= 0.3 is 6.18 Å². The monoisotopic (exact) mass is 395 g/mol. The summed E-state index contributed by atoms with van der Waals surface area (Å²) in [4.78, 5) is 15.4. The normalized spacial score (nSPS) is 19.2. The number of pyridine rings is 1. The summed E-state index contributed by atoms with van der Waals surface area (Å²) in [5.41, 5.74) is -1.29. The molecule has 1 saturated carbocycles. The lowest BCUT2D eigenvalue weighted by Gasteiger charge is -2.12. The third-order valence-electron chi connectivity index (χ3n) is 4.20. The number of alkyl halides is 3. The maximum Gasteiger partial charge on any atom is 0.417 e. The second-order valence-electron chi connectivity index (χ2n) is 6.02. The first kappa shape index (κ1) is 18.8. The fourth-order valence-corrected chi connectivity index (χ4v) is 3.79. The summed E-state index contributed by atoms with van der Waals surface area (Å²) in [6.07, 6.45) is -1.34. The number of halogens is 3. The van der Waals surface area contributed by atoms with Crippen molar-refractivity contribution in [1.82, 2.24) is 9.71 Å². The molecule has 1 aliphatic rings. The molecule has 1 aromatic heterocycles. The van der Waals surface area contributed by atoms with E-state index in [9.17, 15) is 26.4 Å². The summed E-state index contributed by atoms with van der Waals surface area (Å²) in [5, 5.41) is 8.77. The Hall–Kier alpha value is -2.93. The summed E-state index contributed by atoms with van der Waals surface area (Å²) in [6.45, 7) is 0. The number of sulfonamides is 1. The van der Waals surface area contributed by atoms with E-state index in [0.29, 0.717) is 12.5 Å². The van der Waals surface area contributed by atoms with Crippen LogP contribution < -0.4 is 4.72 Å². The molecule has 2 aromatic rings. The number of nitriles is 1. The summed E-state index contributed by atoms with van der Waals surface area (Å²) >= 11 is 0. The maximum atomic E-state index is 13.0. The predicted octanol–water partition coefficient (Wildman–Crippen LogP) is 2.58. The van der Waals surface area contributed by atoms with Crippen molar-refractivity contribution < 1.29 is 26.4 Å². The first-order valence-corrected chi connectivity index (χ1v) is 9.20. The first-order valence-electron chi connectivity index (χ1n) is 7.71. The molecule has 2 atom stereocenters. The van der Waals surface area contributed by atoms with E-state index in [-0.39, 0.29) is 5.92 Å². The third kappa shape index (κ3) is 3.93. The Morgan fingerprint density at radius 2 is 2.04 bits per heavy atom. The second-order valence-corrected chi connectivity index (χ2v) is 7.70. The van der Waals surface area contributed by atoms with Gasteiger partial charge in [0, 0.05) is 18.3 Å². The van der Waals surface area contributed by atoms with Crippen LogP contribution in [0.4, 0.5) is 13.2 Å². The number of carbonyl (C=O) groups is 1. The van der Waals surface area contributed by atoms with Crippen molar-refractivity contribution in [2.75, 3.05) is 0 Å². The van der Waals surface area contributed by atoms with Crippen LogP contribution in [0.1, 0.15) is 29.0 Å². The number of hydrogen-bond donors (Lipinski definition) is 1. The molecule has 1 fully saturated rings. The molecular weight excluding hydrogens is 383 g/mol. The van der Waals surface area contributed by atoms with Gasteiger partial charge in [0.2, 0.25) is 5.91 Å². The number of benzene rings is 1. The number of amides is 1. The number of carbonyl (C=O) groups excluding carboxylic acids is 1. The van der Waals surface area contributed by atoms with E-state index in [4.69, 9.17) is 5.26 Å². The van der Waals surface area contributed by atoms with E-state index in [1.54, 1.807) is 24.5 Å². The van der Waals surface area contributed by atoms with Gasteiger partial charge in [0.25, 0.3) is 10.0 Å². The largest absolute Gasteiger partial charge is 0.417 e. The minimum atomic E-state index is -4.90. The molecular formula is C17H12F3N3O3S. The Morgan fingerprint density at radius 3 is 2.63 bits per heavy atom. The highest BCUT2D eigenvalue weighted by Crippen LogP contribution is 2.47. The molecule has 1 aliphatic carbocycles. The van der Waals surface area contributed by atoms with Crippen molar-refractivity contribution in [2.45, 2.75) is 23.4 Å². The van der Waals surface area contributed by atoms with Crippen molar-refractivity contribution in [3.63, 3.8) is 0 Å². The van der Waals surface area contributed by atoms with Crippen molar-refractivity contribution in [3.05, 3.63) is 59.4 Å². The predicted molar refractivity (Wildman–Crippen MR) is 86.6 cm³/mol. The molecule has 3 rings (SSSR count). The summed E-state index contributed by atoms with van der Waals surface area (Å²) in [7, 11) is -4.50. The number of nitrogens with zero attached hydrogens (tertiary/aromatic N) is 2. The summed E-state index contributed by atoms with van der Waals surface area (Å²) < 4.78 is 65.4. The molecule has 1 N–H and O–H groups in total. The van der Waals surface area contributed by atoms with E-state index in [1.807, 2.05) is 4.72 Å². The SMILES string of the molecule is N#Cc1ccc(S(=O)(=O)NC(=O)[C@H]2C[C@@H]2c2cccnc2)cc1C(F)(F)F. The lowest BCUT2D eigenvalue weighted by molar-refractivity contribution is -0.137. The van der Waals surface area contributed by atoms with Crippen molar-refractivity contribution in [3.8, 4) is 6.07 Å². The molecule has 0 unspecified atom stereocenters. The van der Waals surface area contributed by atoms with Crippen LogP contribution in [-0.2, 0) is 21.0 Å². The van der Waals surface area contributed by atoms with E-state index in [0.717, 1.165) is 17.7 Å². The Kier molecular flexibility index (Phi) is 4.65. The van der Waals surface area contributed by atoms with E-state index in [2.05, 4.69) is 4.98 Å². The molecule has 1 heterocycles. The molecule has 0 bridgehead atoms. The van der Waals surface area contributed by atoms with Gasteiger partial charge in [-0.1, -0.05) is 6.07 Å². The first-order chi connectivity index (χ1) is 12.6. The average molecular weight is 395 g/mol. The van der Waals surface area contributed by atoms with Crippen LogP contribution in [0.25, 0.3) is 0 Å². The molecule has 27 heavy (non-hydrogen) atoms. The molecule has 0 radical (unpaired) electrons. The quantitative estimate of drug-likeness (QED) is 0.858. The Bertz CT molecular complexity index is 1030. The van der Waals surface area contributed by atoms with E-state index >= 15 is 0 Å². The highest BCUT2D eigenvalue weighted by molar-refractivity contribution is 7.90. The van der Waals surface area contributed by atoms with Gasteiger partial charge in [-0.3, -0.25) is 9.78 Å². The van der Waals surface area contributed by atoms with Crippen LogP contribution in [0.2, 0.25) is 0 Å². The Balaban J connectivity index is 1.80. The lowest BCUT2D eigenvalue weighted by atomic mass is 10.1. The van der Waals surface area contributed by atoms with Crippen LogP contribution >= 0.6 is 0 Å². The van der Waals surface area contributed by atoms with Crippen molar-refractivity contribution in [2.24, 2.45) is 5.92 Å². The average Bonchev–Trinajstić information content (AvgIpc) is 3.42. The molecule has 0 spiro atoms. The third-order valence-corrected chi connectivity index (χ3v) is 5.55. The van der Waals surface area contributed by atoms with Gasteiger partial charge in [-0.15, -0.1) is 0 Å². The molecule has 0 saturated heterocycles. The van der Waals surface area contributed by atoms with Crippen LogP contribution in [0.5, 0.6) is 0 Å². The standard InChI is InChI=1S/C17H12F3N3O3S/c18-17(19,20)15-6-12(4-3-10(15)8-21)27(25,26)23-16(24)14-7-13(14)11-2-1-5-22-9-11/h1-6,9,13-14H,7H2,(H,23,24)/t13-,14+/m1/s1. The molecule has 0 aliphatic heterocycles. The smallest absolute Gasteiger partial charge is 0.274 e. The van der Waals surface area contributed by atoms with Gasteiger partial charge in [0.15, 0.2) is 0 Å². The number of hydrogen-bond acceptors (Lipinski definition) is 5. The van der Waals surface area contributed by atoms with Gasteiger partial charge in [0.1, 0.15) is 0 Å². The number of aromatic nitrogens is 1. The molecule has 1 aromatic carbocycles. The highest BCUT2D eigenvalue weighted by atomic mass is 32.2. The van der Waals surface area contributed by atoms with Crippen molar-refractivity contribution in [1.29, 1.82) is 5.26 Å². The number of rotatable bonds is 4. The minimum absolute atomic E-state index is 0.180. The molecule has 1 amide bonds. The van der Waals surface area contributed by atoms with Gasteiger partial charge in [-0.2, -0.15) is 18.4 Å². The highest BCUT2D eigenvalue weighted by Gasteiger charge is 2.45. The summed E-state index contributed by atoms with van der Waals surface area (Å²) in [6, 6.07) is 6.78. The van der Waals surface area contributed by atoms with Crippen LogP contribution in [-0.4, -0.2) is 19.3 Å². The fraction of sp³-hybridized carbons (Fsp3) is 0.235. The van der Waals surface area contributed by atoms with Gasteiger partial charge in [-0.05, 0) is 42.2 Å². The van der Waals surface area contributed by atoms with Gasteiger partial charge in [0.05, 0.1) is 22.1 Å². The Morgan fingerprint density at radius 1 is 1.30 bits per heavy atom. The van der Waals surface area contributed by atoms with E-state index < -0.39 is 44.0 Å². The Labute approximate surface area is 152 Å². The second kappa shape index (κ2) is 6.66. The zero-order valence-corrected chi connectivity index (χ0v) is 14.4. The van der Waals surface area contributed by atoms with Crippen LogP contribution in [0.15, 0.2) is 47.6 Å². The fourth-order valence-electron chi connectivity index (χ4n) is 2.74. The zero-order valence-electron chi connectivity index (χ0n) is 13.6. The minimum Gasteiger partial charge on any atom is -0.274 e. The maximum absolute atomic E-state index is 13.0.